The van der Waals surface area contributed by atoms with Gasteiger partial charge in [0, 0.05) is 19.3 Å². The summed E-state index contributed by atoms with van der Waals surface area (Å²) in [5.74, 6) is 0.188. The van der Waals surface area contributed by atoms with Crippen LogP contribution in [-0.2, 0) is 4.79 Å². The van der Waals surface area contributed by atoms with Crippen LogP contribution in [0.5, 0.6) is 11.5 Å². The minimum atomic E-state index is -0.973. The summed E-state index contributed by atoms with van der Waals surface area (Å²) in [6.45, 7) is 0.814. The van der Waals surface area contributed by atoms with Gasteiger partial charge in [-0.2, -0.15) is 0 Å². The highest BCUT2D eigenvalue weighted by atomic mass is 16.5. The van der Waals surface area contributed by atoms with Crippen LogP contribution in [-0.4, -0.2) is 48.2 Å². The van der Waals surface area contributed by atoms with Crippen LogP contribution in [0.3, 0.4) is 0 Å². The lowest BCUT2D eigenvalue weighted by Crippen LogP contribution is -2.01. The maximum absolute atomic E-state index is 11.2. The van der Waals surface area contributed by atoms with Crippen LogP contribution in [0.2, 0.25) is 0 Å². The number of methoxy groups -OCH3 is 1. The van der Waals surface area contributed by atoms with Gasteiger partial charge in [-0.1, -0.05) is 18.9 Å². The van der Waals surface area contributed by atoms with Gasteiger partial charge < -0.3 is 24.8 Å². The number of hydrogen-bond donors (Lipinski definition) is 3. The van der Waals surface area contributed by atoms with Crippen LogP contribution >= 0.6 is 0 Å². The first-order valence-corrected chi connectivity index (χ1v) is 9.08. The number of aliphatic carboxylic acids is 1. The normalized spacial score (nSPS) is 11.4. The van der Waals surface area contributed by atoms with Gasteiger partial charge in [-0.05, 0) is 55.4 Å². The smallest absolute Gasteiger partial charge is 0.328 e. The lowest BCUT2D eigenvalue weighted by molar-refractivity contribution is -0.131. The molecule has 146 valence electrons. The van der Waals surface area contributed by atoms with Crippen LogP contribution < -0.4 is 9.47 Å². The molecule has 0 saturated carbocycles. The quantitative estimate of drug-likeness (QED) is 0.345. The van der Waals surface area contributed by atoms with E-state index in [9.17, 15) is 4.79 Å². The van der Waals surface area contributed by atoms with E-state index < -0.39 is 5.97 Å². The van der Waals surface area contributed by atoms with Gasteiger partial charge in [-0.15, -0.1) is 0 Å². The Morgan fingerprint density at radius 3 is 2.35 bits per heavy atom. The number of carboxylic acids is 1. The van der Waals surface area contributed by atoms with Gasteiger partial charge in [0.1, 0.15) is 0 Å². The van der Waals surface area contributed by atoms with Gasteiger partial charge in [-0.25, -0.2) is 4.79 Å². The number of aliphatic hydroxyl groups excluding tert-OH is 2. The number of rotatable bonds is 14. The lowest BCUT2D eigenvalue weighted by atomic mass is 9.98. The van der Waals surface area contributed by atoms with Crippen molar-refractivity contribution in [3.05, 3.63) is 29.8 Å². The van der Waals surface area contributed by atoms with Gasteiger partial charge in [0.05, 0.1) is 13.7 Å². The molecule has 0 aliphatic rings. The molecule has 0 radical (unpaired) electrons. The third-order valence-electron chi connectivity index (χ3n) is 4.00. The molecule has 0 fully saturated rings. The molecule has 0 spiro atoms. The Bertz CT molecular complexity index is 567. The highest BCUT2D eigenvalue weighted by Gasteiger charge is 2.10. The molecular weight excluding hydrogens is 336 g/mol. The first-order chi connectivity index (χ1) is 12.6. The predicted molar refractivity (Wildman–Crippen MR) is 101 cm³/mol. The largest absolute Gasteiger partial charge is 0.493 e. The maximum Gasteiger partial charge on any atom is 0.328 e. The fourth-order valence-electron chi connectivity index (χ4n) is 2.61. The van der Waals surface area contributed by atoms with Gasteiger partial charge in [0.25, 0.3) is 0 Å². The minimum absolute atomic E-state index is 0.140. The van der Waals surface area contributed by atoms with E-state index in [0.717, 1.165) is 43.2 Å². The third kappa shape index (κ3) is 8.36. The second-order valence-corrected chi connectivity index (χ2v) is 6.04. The summed E-state index contributed by atoms with van der Waals surface area (Å²) in [6.07, 6.45) is 6.83. The Morgan fingerprint density at radius 2 is 1.69 bits per heavy atom. The van der Waals surface area contributed by atoms with Crippen molar-refractivity contribution in [3.63, 3.8) is 0 Å². The molecular formula is C20H30O6. The van der Waals surface area contributed by atoms with E-state index in [2.05, 4.69) is 0 Å². The summed E-state index contributed by atoms with van der Waals surface area (Å²) < 4.78 is 11.1. The van der Waals surface area contributed by atoms with Gasteiger partial charge in [-0.3, -0.25) is 0 Å². The first-order valence-electron chi connectivity index (χ1n) is 9.08. The van der Waals surface area contributed by atoms with E-state index in [1.807, 2.05) is 6.07 Å². The molecule has 3 N–H and O–H groups in total. The van der Waals surface area contributed by atoms with Crippen LogP contribution in [0.1, 0.15) is 50.5 Å². The summed E-state index contributed by atoms with van der Waals surface area (Å²) in [6, 6.07) is 5.42. The minimum Gasteiger partial charge on any atom is -0.493 e. The number of aliphatic hydroxyl groups is 2. The standard InChI is InChI=1S/C20H30O6/c1-25-19-14-17(9-10-18(19)26-13-7-6-12-22)16(15-20(23)24)8-4-2-3-5-11-21/h9-10,14-15,21-22H,2-8,11-13H2,1H3,(H,23,24)/b16-15+. The van der Waals surface area contributed by atoms with Crippen molar-refractivity contribution in [3.8, 4) is 11.5 Å². The molecule has 0 aromatic heterocycles. The van der Waals surface area contributed by atoms with Crippen LogP contribution in [0.25, 0.3) is 5.57 Å². The molecule has 1 aromatic rings. The Balaban J connectivity index is 2.81. The van der Waals surface area contributed by atoms with Crippen LogP contribution in [0, 0.1) is 0 Å². The Morgan fingerprint density at radius 1 is 1.00 bits per heavy atom. The van der Waals surface area contributed by atoms with E-state index in [1.165, 1.54) is 6.08 Å². The molecule has 0 bridgehead atoms. The van der Waals surface area contributed by atoms with Crippen molar-refractivity contribution in [2.24, 2.45) is 0 Å². The van der Waals surface area contributed by atoms with Gasteiger partial charge in [0.2, 0.25) is 0 Å². The van der Waals surface area contributed by atoms with Gasteiger partial charge in [0.15, 0.2) is 11.5 Å². The molecule has 0 aliphatic heterocycles. The average Bonchev–Trinajstić information content (AvgIpc) is 2.64. The highest BCUT2D eigenvalue weighted by molar-refractivity contribution is 5.90. The van der Waals surface area contributed by atoms with Crippen molar-refractivity contribution in [2.75, 3.05) is 26.9 Å². The molecule has 0 atom stereocenters. The molecule has 26 heavy (non-hydrogen) atoms. The Labute approximate surface area is 155 Å². The van der Waals surface area contributed by atoms with Crippen molar-refractivity contribution in [2.45, 2.75) is 44.9 Å². The topological polar surface area (TPSA) is 96.2 Å². The first kappa shape index (κ1) is 22.0. The number of benzene rings is 1. The second kappa shape index (κ2) is 13.2. The molecule has 1 rings (SSSR count). The SMILES string of the molecule is COc1cc(/C(=C/C(=O)O)CCCCCCO)ccc1OCCCCO. The summed E-state index contributed by atoms with van der Waals surface area (Å²) in [5, 5.41) is 26.8. The molecule has 0 saturated heterocycles. The zero-order valence-corrected chi connectivity index (χ0v) is 15.4. The zero-order chi connectivity index (χ0) is 19.2. The van der Waals surface area contributed by atoms with Crippen molar-refractivity contribution in [1.82, 2.24) is 0 Å². The number of unbranched alkanes of at least 4 members (excludes halogenated alkanes) is 4. The highest BCUT2D eigenvalue weighted by Crippen LogP contribution is 2.32. The zero-order valence-electron chi connectivity index (χ0n) is 15.4. The monoisotopic (exact) mass is 366 g/mol. The van der Waals surface area contributed by atoms with Gasteiger partial charge >= 0.3 is 5.97 Å². The second-order valence-electron chi connectivity index (χ2n) is 6.04. The fourth-order valence-corrected chi connectivity index (χ4v) is 2.61. The molecule has 6 nitrogen and oxygen atoms in total. The van der Waals surface area contributed by atoms with E-state index in [4.69, 9.17) is 24.8 Å². The summed E-state index contributed by atoms with van der Waals surface area (Å²) in [7, 11) is 1.55. The van der Waals surface area contributed by atoms with E-state index in [0.29, 0.717) is 30.9 Å². The number of allylic oxidation sites excluding steroid dienone is 1. The van der Waals surface area contributed by atoms with E-state index in [1.54, 1.807) is 19.2 Å². The van der Waals surface area contributed by atoms with Crippen LogP contribution in [0.15, 0.2) is 24.3 Å². The van der Waals surface area contributed by atoms with Crippen molar-refractivity contribution < 1.29 is 29.6 Å². The molecule has 0 heterocycles. The van der Waals surface area contributed by atoms with E-state index in [-0.39, 0.29) is 13.2 Å². The number of hydrogen-bond acceptors (Lipinski definition) is 5. The van der Waals surface area contributed by atoms with Crippen molar-refractivity contribution >= 4 is 11.5 Å². The van der Waals surface area contributed by atoms with Crippen LogP contribution in [0.4, 0.5) is 0 Å². The molecule has 0 unspecified atom stereocenters. The summed E-state index contributed by atoms with van der Waals surface area (Å²) in [5.41, 5.74) is 1.54. The fraction of sp³-hybridized carbons (Fsp3) is 0.550. The summed E-state index contributed by atoms with van der Waals surface area (Å²) >= 11 is 0. The van der Waals surface area contributed by atoms with Crippen molar-refractivity contribution in [1.29, 1.82) is 0 Å². The third-order valence-corrected chi connectivity index (χ3v) is 4.00. The number of carboxylic acid groups (broad SMARTS) is 1. The number of carbonyl (C=O) groups is 1. The average molecular weight is 366 g/mol. The number of ether oxygens (including phenoxy) is 2. The van der Waals surface area contributed by atoms with E-state index >= 15 is 0 Å². The Hall–Kier alpha value is -2.05. The Kier molecular flexibility index (Phi) is 11.2. The maximum atomic E-state index is 11.2. The molecule has 0 amide bonds. The summed E-state index contributed by atoms with van der Waals surface area (Å²) in [4.78, 5) is 11.2. The molecule has 1 aromatic carbocycles. The molecule has 0 aliphatic carbocycles. The predicted octanol–water partition coefficient (Wildman–Crippen LogP) is 3.26. The lowest BCUT2D eigenvalue weighted by Gasteiger charge is -2.14. The molecule has 6 heteroatoms.